The summed E-state index contributed by atoms with van der Waals surface area (Å²) < 4.78 is 0. The van der Waals surface area contributed by atoms with E-state index in [9.17, 15) is 14.7 Å². The number of nitrogens with one attached hydrogen (secondary N) is 2. The van der Waals surface area contributed by atoms with Gasteiger partial charge in [-0.3, -0.25) is 4.79 Å². The third-order valence-electron chi connectivity index (χ3n) is 3.77. The molecule has 1 aliphatic carbocycles. The topological polar surface area (TPSA) is 91.3 Å². The molecule has 1 atom stereocenters. The summed E-state index contributed by atoms with van der Waals surface area (Å²) in [5.41, 5.74) is -0.790. The number of rotatable bonds is 5. The molecule has 1 aliphatic rings. The molecule has 2 rings (SSSR count). The SMILES string of the molecule is CC(NC(=O)NCC1(C(=O)O)CCCC1)c1nccs1. The van der Waals surface area contributed by atoms with E-state index >= 15 is 0 Å². The van der Waals surface area contributed by atoms with Crippen molar-refractivity contribution < 1.29 is 14.7 Å². The van der Waals surface area contributed by atoms with Crippen molar-refractivity contribution in [3.8, 4) is 0 Å². The van der Waals surface area contributed by atoms with E-state index in [0.717, 1.165) is 17.8 Å². The smallest absolute Gasteiger partial charge is 0.315 e. The Kier molecular flexibility index (Phi) is 4.59. The molecule has 0 aliphatic heterocycles. The molecule has 0 bridgehead atoms. The number of thiazole rings is 1. The van der Waals surface area contributed by atoms with Crippen LogP contribution in [0, 0.1) is 5.41 Å². The quantitative estimate of drug-likeness (QED) is 0.776. The lowest BCUT2D eigenvalue weighted by atomic mass is 9.86. The number of amides is 2. The molecule has 20 heavy (non-hydrogen) atoms. The predicted molar refractivity (Wildman–Crippen MR) is 75.6 cm³/mol. The first-order chi connectivity index (χ1) is 9.53. The molecule has 1 fully saturated rings. The molecule has 0 saturated heterocycles. The highest BCUT2D eigenvalue weighted by Crippen LogP contribution is 2.37. The second kappa shape index (κ2) is 6.21. The fourth-order valence-electron chi connectivity index (χ4n) is 2.53. The van der Waals surface area contributed by atoms with Crippen LogP contribution in [0.3, 0.4) is 0 Å². The van der Waals surface area contributed by atoms with Gasteiger partial charge in [0.1, 0.15) is 5.01 Å². The van der Waals surface area contributed by atoms with Gasteiger partial charge in [0.05, 0.1) is 11.5 Å². The minimum absolute atomic E-state index is 0.179. The zero-order valence-electron chi connectivity index (χ0n) is 11.4. The number of carbonyl (C=O) groups is 2. The summed E-state index contributed by atoms with van der Waals surface area (Å²) in [6.07, 6.45) is 4.76. The molecular weight excluding hydrogens is 278 g/mol. The zero-order valence-corrected chi connectivity index (χ0v) is 12.2. The normalized spacial score (nSPS) is 18.4. The number of hydrogen-bond acceptors (Lipinski definition) is 4. The number of hydrogen-bond donors (Lipinski definition) is 3. The average Bonchev–Trinajstić information content (AvgIpc) is 3.08. The lowest BCUT2D eigenvalue weighted by Crippen LogP contribution is -2.45. The Morgan fingerprint density at radius 2 is 2.20 bits per heavy atom. The van der Waals surface area contributed by atoms with Crippen molar-refractivity contribution in [3.05, 3.63) is 16.6 Å². The van der Waals surface area contributed by atoms with Crippen molar-refractivity contribution in [2.45, 2.75) is 38.6 Å². The Hall–Kier alpha value is -1.63. The number of carbonyl (C=O) groups excluding carboxylic acids is 1. The van der Waals surface area contributed by atoms with Gasteiger partial charge in [-0.15, -0.1) is 11.3 Å². The van der Waals surface area contributed by atoms with Crippen LogP contribution < -0.4 is 10.6 Å². The minimum atomic E-state index is -0.816. The van der Waals surface area contributed by atoms with E-state index < -0.39 is 11.4 Å². The van der Waals surface area contributed by atoms with Crippen molar-refractivity contribution in [2.24, 2.45) is 5.41 Å². The second-order valence-corrected chi connectivity index (χ2v) is 6.14. The molecular formula is C13H19N3O3S. The Morgan fingerprint density at radius 1 is 1.50 bits per heavy atom. The summed E-state index contributed by atoms with van der Waals surface area (Å²) in [5, 5.41) is 17.5. The summed E-state index contributed by atoms with van der Waals surface area (Å²) >= 11 is 1.47. The maximum atomic E-state index is 11.8. The van der Waals surface area contributed by atoms with Crippen molar-refractivity contribution in [1.82, 2.24) is 15.6 Å². The molecule has 110 valence electrons. The van der Waals surface area contributed by atoms with Crippen molar-refractivity contribution in [3.63, 3.8) is 0 Å². The van der Waals surface area contributed by atoms with E-state index in [4.69, 9.17) is 0 Å². The molecule has 1 aromatic rings. The summed E-state index contributed by atoms with van der Waals surface area (Å²) in [4.78, 5) is 27.3. The third-order valence-corrected chi connectivity index (χ3v) is 4.73. The van der Waals surface area contributed by atoms with Crippen LogP contribution in [0.15, 0.2) is 11.6 Å². The highest BCUT2D eigenvalue weighted by atomic mass is 32.1. The lowest BCUT2D eigenvalue weighted by molar-refractivity contribution is -0.148. The fourth-order valence-corrected chi connectivity index (χ4v) is 3.17. The standard InChI is InChI=1S/C13H19N3O3S/c1-9(10-14-6-7-20-10)16-12(19)15-8-13(11(17)18)4-2-3-5-13/h6-7,9H,2-5,8H2,1H3,(H,17,18)(H2,15,16,19). The van der Waals surface area contributed by atoms with Crippen LogP contribution in [0.1, 0.15) is 43.7 Å². The van der Waals surface area contributed by atoms with Gasteiger partial charge in [-0.05, 0) is 19.8 Å². The third kappa shape index (κ3) is 3.27. The van der Waals surface area contributed by atoms with Crippen LogP contribution in [-0.4, -0.2) is 28.6 Å². The van der Waals surface area contributed by atoms with E-state index in [1.807, 2.05) is 12.3 Å². The van der Waals surface area contributed by atoms with Crippen LogP contribution in [0.5, 0.6) is 0 Å². The summed E-state index contributed by atoms with van der Waals surface area (Å²) in [5.74, 6) is -0.816. The van der Waals surface area contributed by atoms with E-state index in [0.29, 0.717) is 12.8 Å². The van der Waals surface area contributed by atoms with Gasteiger partial charge in [0, 0.05) is 18.1 Å². The number of urea groups is 1. The fraction of sp³-hybridized carbons (Fsp3) is 0.615. The molecule has 1 heterocycles. The number of nitrogens with zero attached hydrogens (tertiary/aromatic N) is 1. The maximum absolute atomic E-state index is 11.8. The van der Waals surface area contributed by atoms with Gasteiger partial charge in [-0.1, -0.05) is 12.8 Å². The highest BCUT2D eigenvalue weighted by molar-refractivity contribution is 7.09. The summed E-state index contributed by atoms with van der Waals surface area (Å²) in [6.45, 7) is 2.03. The lowest BCUT2D eigenvalue weighted by Gasteiger charge is -2.24. The predicted octanol–water partition coefficient (Wildman–Crippen LogP) is 2.15. The minimum Gasteiger partial charge on any atom is -0.481 e. The zero-order chi connectivity index (χ0) is 14.6. The maximum Gasteiger partial charge on any atom is 0.315 e. The number of aromatic nitrogens is 1. The first kappa shape index (κ1) is 14.8. The number of aliphatic carboxylic acids is 1. The van der Waals surface area contributed by atoms with Crippen LogP contribution in [0.2, 0.25) is 0 Å². The molecule has 1 saturated carbocycles. The first-order valence-corrected chi connectivity index (χ1v) is 7.59. The van der Waals surface area contributed by atoms with Gasteiger partial charge in [0.25, 0.3) is 0 Å². The molecule has 2 amide bonds. The van der Waals surface area contributed by atoms with Crippen molar-refractivity contribution >= 4 is 23.3 Å². The van der Waals surface area contributed by atoms with Gasteiger partial charge in [-0.2, -0.15) is 0 Å². The molecule has 0 radical (unpaired) electrons. The van der Waals surface area contributed by atoms with Crippen LogP contribution >= 0.6 is 11.3 Å². The van der Waals surface area contributed by atoms with E-state index in [1.165, 1.54) is 11.3 Å². The van der Waals surface area contributed by atoms with E-state index in [2.05, 4.69) is 15.6 Å². The monoisotopic (exact) mass is 297 g/mol. The van der Waals surface area contributed by atoms with Gasteiger partial charge >= 0.3 is 12.0 Å². The average molecular weight is 297 g/mol. The van der Waals surface area contributed by atoms with Crippen LogP contribution in [-0.2, 0) is 4.79 Å². The molecule has 3 N–H and O–H groups in total. The van der Waals surface area contributed by atoms with Crippen molar-refractivity contribution in [1.29, 1.82) is 0 Å². The molecule has 6 nitrogen and oxygen atoms in total. The molecule has 0 spiro atoms. The van der Waals surface area contributed by atoms with E-state index in [1.54, 1.807) is 6.20 Å². The molecule has 7 heteroatoms. The number of carboxylic acids is 1. The van der Waals surface area contributed by atoms with Crippen LogP contribution in [0.4, 0.5) is 4.79 Å². The largest absolute Gasteiger partial charge is 0.481 e. The Balaban J connectivity index is 1.84. The molecule has 1 aromatic heterocycles. The van der Waals surface area contributed by atoms with E-state index in [-0.39, 0.29) is 18.6 Å². The summed E-state index contributed by atoms with van der Waals surface area (Å²) in [7, 11) is 0. The highest BCUT2D eigenvalue weighted by Gasteiger charge is 2.41. The summed E-state index contributed by atoms with van der Waals surface area (Å²) in [6, 6.07) is -0.528. The Morgan fingerprint density at radius 3 is 2.75 bits per heavy atom. The second-order valence-electron chi connectivity index (χ2n) is 5.21. The Bertz CT molecular complexity index is 469. The van der Waals surface area contributed by atoms with Gasteiger partial charge in [0.2, 0.25) is 0 Å². The number of carboxylic acid groups (broad SMARTS) is 1. The molecule has 1 unspecified atom stereocenters. The molecule has 0 aromatic carbocycles. The van der Waals surface area contributed by atoms with Crippen LogP contribution in [0.25, 0.3) is 0 Å². The van der Waals surface area contributed by atoms with Gasteiger partial charge < -0.3 is 15.7 Å². The van der Waals surface area contributed by atoms with Gasteiger partial charge in [0.15, 0.2) is 0 Å². The van der Waals surface area contributed by atoms with Gasteiger partial charge in [-0.25, -0.2) is 9.78 Å². The Labute approximate surface area is 121 Å². The van der Waals surface area contributed by atoms with Crippen molar-refractivity contribution in [2.75, 3.05) is 6.54 Å². The first-order valence-electron chi connectivity index (χ1n) is 6.71.